The number of hydrogen-bond acceptors (Lipinski definition) is 7. The quantitative estimate of drug-likeness (QED) is 0.346. The first kappa shape index (κ1) is 27.8. The average molecular weight is 548 g/mol. The van der Waals surface area contributed by atoms with Gasteiger partial charge in [-0.15, -0.1) is 17.0 Å². The van der Waals surface area contributed by atoms with Gasteiger partial charge in [-0.25, -0.2) is 4.79 Å². The number of amides is 1. The maximum Gasteiger partial charge on any atom is 0.343 e. The van der Waals surface area contributed by atoms with Crippen molar-refractivity contribution in [2.75, 3.05) is 33.9 Å². The second-order valence-electron chi connectivity index (χ2n) is 7.69. The van der Waals surface area contributed by atoms with Gasteiger partial charge in [-0.1, -0.05) is 6.92 Å². The first-order valence-corrected chi connectivity index (χ1v) is 11.0. The summed E-state index contributed by atoms with van der Waals surface area (Å²) in [6, 6.07) is 8.49. The Labute approximate surface area is 215 Å². The number of methoxy groups -OCH3 is 1. The van der Waals surface area contributed by atoms with Crippen LogP contribution < -0.4 is 14.8 Å². The minimum atomic E-state index is -0.485. The maximum absolute atomic E-state index is 13.0. The molecule has 1 heterocycles. The van der Waals surface area contributed by atoms with Crippen LogP contribution in [0.25, 0.3) is 0 Å². The summed E-state index contributed by atoms with van der Waals surface area (Å²) in [5.41, 5.74) is 3.08. The minimum absolute atomic E-state index is 0. The van der Waals surface area contributed by atoms with Gasteiger partial charge in [-0.05, 0) is 54.8 Å². The Morgan fingerprint density at radius 3 is 2.46 bits per heavy atom. The van der Waals surface area contributed by atoms with E-state index in [1.807, 2.05) is 13.8 Å². The third kappa shape index (κ3) is 6.19. The van der Waals surface area contributed by atoms with E-state index in [-0.39, 0.29) is 47.7 Å². The summed E-state index contributed by atoms with van der Waals surface area (Å²) < 4.78 is 15.7. The van der Waals surface area contributed by atoms with E-state index >= 15 is 0 Å². The predicted molar refractivity (Wildman–Crippen MR) is 136 cm³/mol. The second kappa shape index (κ2) is 12.3. The number of halogens is 1. The molecule has 2 N–H and O–H groups in total. The number of amidine groups is 1. The number of nitrogens with one attached hydrogen (secondary N) is 2. The van der Waals surface area contributed by atoms with Crippen LogP contribution in [0.2, 0.25) is 0 Å². The van der Waals surface area contributed by atoms with Gasteiger partial charge < -0.3 is 24.4 Å². The molecule has 188 valence electrons. The van der Waals surface area contributed by atoms with Gasteiger partial charge in [0.2, 0.25) is 0 Å². The van der Waals surface area contributed by atoms with Crippen LogP contribution in [-0.2, 0) is 22.5 Å². The number of hydrogen-bond donors (Lipinski definition) is 2. The molecule has 35 heavy (non-hydrogen) atoms. The number of esters is 1. The first-order valence-electron chi connectivity index (χ1n) is 11.0. The highest BCUT2D eigenvalue weighted by atomic mass is 79.9. The molecule has 10 heteroatoms. The zero-order valence-corrected chi connectivity index (χ0v) is 21.9. The smallest absolute Gasteiger partial charge is 0.343 e. The fourth-order valence-electron chi connectivity index (χ4n) is 3.78. The summed E-state index contributed by atoms with van der Waals surface area (Å²) in [7, 11) is 2.83. The summed E-state index contributed by atoms with van der Waals surface area (Å²) in [5, 5.41) is 11.2. The lowest BCUT2D eigenvalue weighted by Crippen LogP contribution is -2.30. The lowest BCUT2D eigenvalue weighted by molar-refractivity contribution is -0.142. The molecule has 0 unspecified atom stereocenters. The molecule has 1 aliphatic heterocycles. The molecule has 0 aromatic heterocycles. The molecule has 0 aliphatic carbocycles. The molecule has 1 amide bonds. The van der Waals surface area contributed by atoms with Crippen LogP contribution in [0, 0.1) is 5.41 Å². The van der Waals surface area contributed by atoms with E-state index in [9.17, 15) is 14.4 Å². The molecule has 3 rings (SSSR count). The standard InChI is InChI=1S/C25H29N3O6.BrH/c1-5-15-9-16(7-8-21(15)34-14-23(30)32-4)20(29)13-28-12-17-10-22(33-6-2)19(25(31)27-3)11-18(17)24(28)26;/h7-11,26H,5-6,12-14H2,1-4H3,(H,27,31);1H. The summed E-state index contributed by atoms with van der Waals surface area (Å²) in [4.78, 5) is 38.3. The molecule has 0 saturated heterocycles. The largest absolute Gasteiger partial charge is 0.493 e. The van der Waals surface area contributed by atoms with E-state index in [1.54, 1.807) is 35.2 Å². The third-order valence-corrected chi connectivity index (χ3v) is 5.58. The Morgan fingerprint density at radius 2 is 1.83 bits per heavy atom. The van der Waals surface area contributed by atoms with Crippen molar-refractivity contribution in [3.63, 3.8) is 0 Å². The number of carbonyl (C=O) groups excluding carboxylic acids is 3. The Hall–Kier alpha value is -3.40. The number of rotatable bonds is 10. The number of fused-ring (bicyclic) bond motifs is 1. The van der Waals surface area contributed by atoms with E-state index < -0.39 is 5.97 Å². The molecule has 0 bridgehead atoms. The fourth-order valence-corrected chi connectivity index (χ4v) is 3.78. The van der Waals surface area contributed by atoms with Gasteiger partial charge in [0, 0.05) is 24.7 Å². The third-order valence-electron chi connectivity index (χ3n) is 5.58. The number of ketones is 1. The number of carbonyl (C=O) groups is 3. The Kier molecular flexibility index (Phi) is 9.82. The van der Waals surface area contributed by atoms with Gasteiger partial charge >= 0.3 is 5.97 Å². The second-order valence-corrected chi connectivity index (χ2v) is 7.69. The van der Waals surface area contributed by atoms with E-state index in [0.717, 1.165) is 11.1 Å². The van der Waals surface area contributed by atoms with Crippen LogP contribution in [0.5, 0.6) is 11.5 Å². The monoisotopic (exact) mass is 547 g/mol. The Morgan fingerprint density at radius 1 is 1.09 bits per heavy atom. The zero-order chi connectivity index (χ0) is 24.8. The normalized spacial score (nSPS) is 11.9. The highest BCUT2D eigenvalue weighted by Gasteiger charge is 2.29. The van der Waals surface area contributed by atoms with Gasteiger partial charge in [0.05, 0.1) is 25.8 Å². The number of benzene rings is 2. The summed E-state index contributed by atoms with van der Waals surface area (Å²) in [6.45, 7) is 4.35. The first-order chi connectivity index (χ1) is 16.3. The predicted octanol–water partition coefficient (Wildman–Crippen LogP) is 3.16. The van der Waals surface area contributed by atoms with Crippen molar-refractivity contribution in [3.8, 4) is 11.5 Å². The summed E-state index contributed by atoms with van der Waals surface area (Å²) in [6.07, 6.45) is 0.616. The molecule has 2 aromatic carbocycles. The molecule has 2 aromatic rings. The molecule has 9 nitrogen and oxygen atoms in total. The Balaban J connectivity index is 0.00000432. The zero-order valence-electron chi connectivity index (χ0n) is 20.2. The van der Waals surface area contributed by atoms with Gasteiger partial charge in [0.15, 0.2) is 12.4 Å². The van der Waals surface area contributed by atoms with Crippen LogP contribution in [0.4, 0.5) is 0 Å². The van der Waals surface area contributed by atoms with Gasteiger partial charge in [0.25, 0.3) is 5.91 Å². The molecule has 0 radical (unpaired) electrons. The number of aryl methyl sites for hydroxylation is 1. The summed E-state index contributed by atoms with van der Waals surface area (Å²) >= 11 is 0. The van der Waals surface area contributed by atoms with Crippen LogP contribution in [-0.4, -0.2) is 62.3 Å². The molecule has 0 saturated carbocycles. The highest BCUT2D eigenvalue weighted by Crippen LogP contribution is 2.31. The van der Waals surface area contributed by atoms with E-state index in [0.29, 0.717) is 47.8 Å². The van der Waals surface area contributed by atoms with Gasteiger partial charge in [0.1, 0.15) is 17.3 Å². The molecule has 0 fully saturated rings. The van der Waals surface area contributed by atoms with Crippen molar-refractivity contribution in [2.24, 2.45) is 0 Å². The van der Waals surface area contributed by atoms with Crippen molar-refractivity contribution in [3.05, 3.63) is 58.1 Å². The van der Waals surface area contributed by atoms with Crippen molar-refractivity contribution in [1.29, 1.82) is 5.41 Å². The molecule has 0 atom stereocenters. The lowest BCUT2D eigenvalue weighted by atomic mass is 10.0. The molecule has 0 spiro atoms. The van der Waals surface area contributed by atoms with Crippen molar-refractivity contribution in [1.82, 2.24) is 10.2 Å². The lowest BCUT2D eigenvalue weighted by Gasteiger charge is -2.17. The van der Waals surface area contributed by atoms with E-state index in [1.165, 1.54) is 14.2 Å². The molecular formula is C25H30BrN3O6. The average Bonchev–Trinajstić information content (AvgIpc) is 3.15. The van der Waals surface area contributed by atoms with Crippen molar-refractivity contribution < 1.29 is 28.6 Å². The minimum Gasteiger partial charge on any atom is -0.493 e. The SMILES string of the molecule is Br.CCOc1cc2c(cc1C(=O)NC)C(=N)N(CC(=O)c1ccc(OCC(=O)OC)c(CC)c1)C2. The van der Waals surface area contributed by atoms with Crippen molar-refractivity contribution >= 4 is 40.5 Å². The van der Waals surface area contributed by atoms with E-state index in [2.05, 4.69) is 10.1 Å². The van der Waals surface area contributed by atoms with Gasteiger partial charge in [-0.3, -0.25) is 15.0 Å². The topological polar surface area (TPSA) is 118 Å². The van der Waals surface area contributed by atoms with Crippen LogP contribution in [0.3, 0.4) is 0 Å². The van der Waals surface area contributed by atoms with Crippen LogP contribution in [0.1, 0.15) is 51.3 Å². The van der Waals surface area contributed by atoms with Crippen molar-refractivity contribution in [2.45, 2.75) is 26.8 Å². The van der Waals surface area contributed by atoms with Gasteiger partial charge in [-0.2, -0.15) is 0 Å². The van der Waals surface area contributed by atoms with Crippen LogP contribution >= 0.6 is 17.0 Å². The Bertz CT molecular complexity index is 1130. The summed E-state index contributed by atoms with van der Waals surface area (Å²) in [5.74, 6) is 0.234. The number of Topliss-reactive ketones (excluding diaryl/α,β-unsaturated/α-hetero) is 1. The van der Waals surface area contributed by atoms with Crippen LogP contribution in [0.15, 0.2) is 30.3 Å². The van der Waals surface area contributed by atoms with E-state index in [4.69, 9.17) is 14.9 Å². The molecule has 1 aliphatic rings. The number of ether oxygens (including phenoxy) is 3. The fraction of sp³-hybridized carbons (Fsp3) is 0.360. The maximum atomic E-state index is 13.0. The highest BCUT2D eigenvalue weighted by molar-refractivity contribution is 8.93. The molecular weight excluding hydrogens is 518 g/mol. The number of nitrogens with zero attached hydrogens (tertiary/aromatic N) is 1.